The number of hydrogen-bond donors (Lipinski definition) is 1. The van der Waals surface area contributed by atoms with Crippen molar-refractivity contribution in [3.63, 3.8) is 0 Å². The molecule has 1 aliphatic heterocycles. The fraction of sp³-hybridized carbons (Fsp3) is 0.520. The predicted octanol–water partition coefficient (Wildman–Crippen LogP) is 6.16. The molecule has 3 atom stereocenters. The Bertz CT molecular complexity index is 777. The fourth-order valence-corrected chi connectivity index (χ4v) is 4.59. The summed E-state index contributed by atoms with van der Waals surface area (Å²) in [5.41, 5.74) is 2.64. The summed E-state index contributed by atoms with van der Waals surface area (Å²) in [7, 11) is 1.77. The van der Waals surface area contributed by atoms with Gasteiger partial charge in [0.05, 0.1) is 13.2 Å². The zero-order chi connectivity index (χ0) is 20.9. The first kappa shape index (κ1) is 22.1. The third kappa shape index (κ3) is 5.33. The Hall–Kier alpha value is -1.55. The maximum atomic E-state index is 6.12. The minimum Gasteiger partial charge on any atom is -0.496 e. The lowest BCUT2D eigenvalue weighted by Crippen LogP contribution is -2.43. The minimum atomic E-state index is 0.0620. The number of nitrogens with one attached hydrogen (secondary N) is 1. The topological polar surface area (TPSA) is 30.5 Å². The molecule has 1 heterocycles. The van der Waals surface area contributed by atoms with E-state index in [0.717, 1.165) is 43.2 Å². The van der Waals surface area contributed by atoms with E-state index < -0.39 is 0 Å². The normalized spacial score (nSPS) is 23.2. The molecule has 0 aliphatic carbocycles. The molecule has 2 aromatic carbocycles. The number of para-hydroxylation sites is 1. The molecule has 2 aromatic rings. The molecular formula is C25H34ClNO2. The van der Waals surface area contributed by atoms with Crippen LogP contribution in [0.1, 0.15) is 57.2 Å². The van der Waals surface area contributed by atoms with Gasteiger partial charge in [-0.3, -0.25) is 0 Å². The highest BCUT2D eigenvalue weighted by Crippen LogP contribution is 2.45. The maximum absolute atomic E-state index is 6.12. The van der Waals surface area contributed by atoms with Crippen molar-refractivity contribution in [1.29, 1.82) is 0 Å². The average Bonchev–Trinajstić information content (AvgIpc) is 2.74. The Morgan fingerprint density at radius 3 is 2.55 bits per heavy atom. The Kier molecular flexibility index (Phi) is 7.61. The molecular weight excluding hydrogens is 382 g/mol. The van der Waals surface area contributed by atoms with Gasteiger partial charge in [0.15, 0.2) is 0 Å². The lowest BCUT2D eigenvalue weighted by molar-refractivity contribution is -0.0474. The Balaban J connectivity index is 1.77. The van der Waals surface area contributed by atoms with Crippen molar-refractivity contribution in [2.24, 2.45) is 5.92 Å². The second kappa shape index (κ2) is 9.97. The van der Waals surface area contributed by atoms with Crippen molar-refractivity contribution < 1.29 is 9.47 Å². The van der Waals surface area contributed by atoms with Gasteiger partial charge in [0.2, 0.25) is 0 Å². The number of halogens is 1. The van der Waals surface area contributed by atoms with Crippen molar-refractivity contribution in [2.45, 2.75) is 57.6 Å². The summed E-state index contributed by atoms with van der Waals surface area (Å²) in [6.45, 7) is 8.45. The van der Waals surface area contributed by atoms with Crippen LogP contribution in [0, 0.1) is 5.92 Å². The van der Waals surface area contributed by atoms with Crippen LogP contribution in [0.5, 0.6) is 5.75 Å². The third-order valence-corrected chi connectivity index (χ3v) is 6.60. The first-order chi connectivity index (χ1) is 13.9. The van der Waals surface area contributed by atoms with Gasteiger partial charge >= 0.3 is 0 Å². The summed E-state index contributed by atoms with van der Waals surface area (Å²) in [6, 6.07) is 16.9. The van der Waals surface area contributed by atoms with Crippen molar-refractivity contribution >= 4 is 11.6 Å². The SMILES string of the molecule is COc1ccccc1[C@@]1(CCN[C@H](C)c2ccc(Cl)cc2)CCO[C@H](C(C)C)C1. The van der Waals surface area contributed by atoms with Gasteiger partial charge < -0.3 is 14.8 Å². The Labute approximate surface area is 180 Å². The highest BCUT2D eigenvalue weighted by Gasteiger charge is 2.40. The molecule has 3 rings (SSSR count). The molecule has 1 aliphatic rings. The van der Waals surface area contributed by atoms with E-state index in [9.17, 15) is 0 Å². The van der Waals surface area contributed by atoms with Gasteiger partial charge in [-0.1, -0.05) is 55.8 Å². The lowest BCUT2D eigenvalue weighted by Gasteiger charge is -2.43. The lowest BCUT2D eigenvalue weighted by atomic mass is 9.68. The highest BCUT2D eigenvalue weighted by atomic mass is 35.5. The smallest absolute Gasteiger partial charge is 0.122 e. The fourth-order valence-electron chi connectivity index (χ4n) is 4.47. The van der Waals surface area contributed by atoms with Crippen molar-refractivity contribution in [2.75, 3.05) is 20.3 Å². The molecule has 158 valence electrons. The second-order valence-corrected chi connectivity index (χ2v) is 9.00. The predicted molar refractivity (Wildman–Crippen MR) is 121 cm³/mol. The molecule has 3 nitrogen and oxygen atoms in total. The molecule has 1 saturated heterocycles. The van der Waals surface area contributed by atoms with E-state index >= 15 is 0 Å². The van der Waals surface area contributed by atoms with Crippen LogP contribution in [0.4, 0.5) is 0 Å². The minimum absolute atomic E-state index is 0.0620. The number of methoxy groups -OCH3 is 1. The molecule has 29 heavy (non-hydrogen) atoms. The summed E-state index contributed by atoms with van der Waals surface area (Å²) < 4.78 is 11.9. The number of rotatable bonds is 8. The average molecular weight is 416 g/mol. The molecule has 4 heteroatoms. The summed E-state index contributed by atoms with van der Waals surface area (Å²) >= 11 is 6.03. The zero-order valence-corrected chi connectivity index (χ0v) is 18.8. The van der Waals surface area contributed by atoms with Crippen LogP contribution in [-0.2, 0) is 10.2 Å². The summed E-state index contributed by atoms with van der Waals surface area (Å²) in [6.07, 6.45) is 3.38. The summed E-state index contributed by atoms with van der Waals surface area (Å²) in [5, 5.41) is 4.49. The van der Waals surface area contributed by atoms with E-state index in [1.54, 1.807) is 7.11 Å². The van der Waals surface area contributed by atoms with E-state index in [1.165, 1.54) is 11.1 Å². The van der Waals surface area contributed by atoms with Crippen LogP contribution >= 0.6 is 11.6 Å². The second-order valence-electron chi connectivity index (χ2n) is 8.57. The first-order valence-corrected chi connectivity index (χ1v) is 11.1. The third-order valence-electron chi connectivity index (χ3n) is 6.35. The molecule has 1 fully saturated rings. The molecule has 0 aromatic heterocycles. The summed E-state index contributed by atoms with van der Waals surface area (Å²) in [4.78, 5) is 0. The van der Waals surface area contributed by atoms with Crippen LogP contribution in [0.3, 0.4) is 0 Å². The Morgan fingerprint density at radius 1 is 1.14 bits per heavy atom. The quantitative estimate of drug-likeness (QED) is 0.559. The molecule has 0 saturated carbocycles. The molecule has 1 N–H and O–H groups in total. The van der Waals surface area contributed by atoms with Crippen molar-refractivity contribution in [3.05, 3.63) is 64.7 Å². The van der Waals surface area contributed by atoms with E-state index in [2.05, 4.69) is 62.5 Å². The van der Waals surface area contributed by atoms with Gasteiger partial charge in [-0.05, 0) is 62.4 Å². The molecule has 0 unspecified atom stereocenters. The van der Waals surface area contributed by atoms with E-state index in [4.69, 9.17) is 21.1 Å². The van der Waals surface area contributed by atoms with Crippen molar-refractivity contribution in [3.8, 4) is 5.75 Å². The van der Waals surface area contributed by atoms with Crippen LogP contribution < -0.4 is 10.1 Å². The number of ether oxygens (including phenoxy) is 2. The van der Waals surface area contributed by atoms with Crippen LogP contribution in [0.2, 0.25) is 5.02 Å². The van der Waals surface area contributed by atoms with Gasteiger partial charge in [-0.25, -0.2) is 0 Å². The van der Waals surface area contributed by atoms with Gasteiger partial charge in [-0.2, -0.15) is 0 Å². The zero-order valence-electron chi connectivity index (χ0n) is 18.1. The van der Waals surface area contributed by atoms with Crippen LogP contribution in [0.25, 0.3) is 0 Å². The van der Waals surface area contributed by atoms with Crippen molar-refractivity contribution in [1.82, 2.24) is 5.32 Å². The molecule has 0 amide bonds. The maximum Gasteiger partial charge on any atom is 0.122 e. The molecule has 0 spiro atoms. The van der Waals surface area contributed by atoms with Gasteiger partial charge in [0.25, 0.3) is 0 Å². The standard InChI is InChI=1S/C25H34ClNO2/c1-18(2)24-17-25(14-16-29-24,22-7-5-6-8-23(22)28-4)13-15-27-19(3)20-9-11-21(26)12-10-20/h5-12,18-19,24,27H,13-17H2,1-4H3/t19-,24+,25+/m1/s1. The first-order valence-electron chi connectivity index (χ1n) is 10.7. The van der Waals surface area contributed by atoms with Gasteiger partial charge in [-0.15, -0.1) is 0 Å². The van der Waals surface area contributed by atoms with Crippen LogP contribution in [0.15, 0.2) is 48.5 Å². The molecule has 0 bridgehead atoms. The highest BCUT2D eigenvalue weighted by molar-refractivity contribution is 6.30. The van der Waals surface area contributed by atoms with E-state index in [1.807, 2.05) is 12.1 Å². The molecule has 0 radical (unpaired) electrons. The Morgan fingerprint density at radius 2 is 1.86 bits per heavy atom. The number of hydrogen-bond acceptors (Lipinski definition) is 3. The van der Waals surface area contributed by atoms with E-state index in [0.29, 0.717) is 5.92 Å². The monoisotopic (exact) mass is 415 g/mol. The van der Waals surface area contributed by atoms with Crippen LogP contribution in [-0.4, -0.2) is 26.4 Å². The van der Waals surface area contributed by atoms with E-state index in [-0.39, 0.29) is 17.6 Å². The number of benzene rings is 2. The van der Waals surface area contributed by atoms with Gasteiger partial charge in [0.1, 0.15) is 5.75 Å². The largest absolute Gasteiger partial charge is 0.496 e. The van der Waals surface area contributed by atoms with Gasteiger partial charge in [0, 0.05) is 28.6 Å². The summed E-state index contributed by atoms with van der Waals surface area (Å²) in [5.74, 6) is 1.49.